The van der Waals surface area contributed by atoms with E-state index in [0.29, 0.717) is 10.9 Å². The largest absolute Gasteiger partial charge is 0.484 e. The third-order valence-electron chi connectivity index (χ3n) is 2.78. The molecule has 4 nitrogen and oxygen atoms in total. The van der Waals surface area contributed by atoms with E-state index in [-0.39, 0.29) is 18.3 Å². The molecule has 0 aliphatic rings. The summed E-state index contributed by atoms with van der Waals surface area (Å²) in [5, 5.41) is 3.20. The van der Waals surface area contributed by atoms with Gasteiger partial charge in [-0.1, -0.05) is 27.3 Å². The molecule has 112 valence electrons. The summed E-state index contributed by atoms with van der Waals surface area (Å²) < 4.78 is 20.0. The molecular weight excluding hydrogens is 371 g/mol. The second-order valence-electron chi connectivity index (χ2n) is 4.42. The Bertz CT molecular complexity index is 820. The van der Waals surface area contributed by atoms with Crippen molar-refractivity contribution >= 4 is 48.5 Å². The second kappa shape index (κ2) is 6.41. The van der Waals surface area contributed by atoms with Gasteiger partial charge in [0, 0.05) is 4.47 Å². The molecule has 2 aromatic carbocycles. The minimum Gasteiger partial charge on any atom is -0.484 e. The summed E-state index contributed by atoms with van der Waals surface area (Å²) in [6.07, 6.45) is 0. The number of amides is 1. The van der Waals surface area contributed by atoms with Crippen LogP contribution in [0.2, 0.25) is 0 Å². The van der Waals surface area contributed by atoms with Gasteiger partial charge >= 0.3 is 0 Å². The quantitative estimate of drug-likeness (QED) is 0.737. The summed E-state index contributed by atoms with van der Waals surface area (Å²) in [5.41, 5.74) is 0.822. The smallest absolute Gasteiger partial charge is 0.264 e. The van der Waals surface area contributed by atoms with Crippen LogP contribution in [-0.2, 0) is 4.79 Å². The number of anilines is 1. The van der Waals surface area contributed by atoms with Crippen LogP contribution in [0, 0.1) is 5.82 Å². The molecule has 0 aliphatic carbocycles. The lowest BCUT2D eigenvalue weighted by molar-refractivity contribution is -0.118. The standard InChI is InChI=1S/C15H10BrFN2O2S/c16-9-1-6-12-13(7-9)22-15(18-12)19-14(20)8-21-11-4-2-10(17)3-5-11/h1-7H,8H2,(H,18,19,20). The number of rotatable bonds is 4. The first kappa shape index (κ1) is 14.9. The van der Waals surface area contributed by atoms with Gasteiger partial charge in [0.05, 0.1) is 10.2 Å². The lowest BCUT2D eigenvalue weighted by Gasteiger charge is -2.05. The maximum atomic E-state index is 12.8. The van der Waals surface area contributed by atoms with Crippen LogP contribution in [0.3, 0.4) is 0 Å². The molecule has 0 unspecified atom stereocenters. The molecule has 0 aliphatic heterocycles. The Morgan fingerprint density at radius 3 is 2.82 bits per heavy atom. The van der Waals surface area contributed by atoms with Gasteiger partial charge in [0.25, 0.3) is 5.91 Å². The molecule has 0 saturated carbocycles. The third kappa shape index (κ3) is 3.61. The summed E-state index contributed by atoms with van der Waals surface area (Å²) in [4.78, 5) is 16.2. The van der Waals surface area contributed by atoms with E-state index in [1.807, 2.05) is 18.2 Å². The molecule has 0 atom stereocenters. The molecule has 3 rings (SSSR count). The number of hydrogen-bond acceptors (Lipinski definition) is 4. The van der Waals surface area contributed by atoms with E-state index in [4.69, 9.17) is 4.74 Å². The van der Waals surface area contributed by atoms with Gasteiger partial charge in [-0.05, 0) is 42.5 Å². The number of nitrogens with zero attached hydrogens (tertiary/aromatic N) is 1. The van der Waals surface area contributed by atoms with Crippen molar-refractivity contribution < 1.29 is 13.9 Å². The lowest BCUT2D eigenvalue weighted by atomic mass is 10.3. The topological polar surface area (TPSA) is 51.2 Å². The predicted octanol–water partition coefficient (Wildman–Crippen LogP) is 4.22. The SMILES string of the molecule is O=C(COc1ccc(F)cc1)Nc1nc2ccc(Br)cc2s1. The summed E-state index contributed by atoms with van der Waals surface area (Å²) in [5.74, 6) is -0.232. The number of halogens is 2. The summed E-state index contributed by atoms with van der Waals surface area (Å²) >= 11 is 4.78. The number of hydrogen-bond donors (Lipinski definition) is 1. The first-order chi connectivity index (χ1) is 10.6. The number of carbonyl (C=O) groups is 1. The van der Waals surface area contributed by atoms with Crippen LogP contribution in [0.15, 0.2) is 46.9 Å². The van der Waals surface area contributed by atoms with Gasteiger partial charge in [-0.3, -0.25) is 10.1 Å². The minimum atomic E-state index is -0.350. The van der Waals surface area contributed by atoms with Gasteiger partial charge < -0.3 is 4.74 Å². The van der Waals surface area contributed by atoms with E-state index in [9.17, 15) is 9.18 Å². The number of thiazole rings is 1. The highest BCUT2D eigenvalue weighted by atomic mass is 79.9. The maximum absolute atomic E-state index is 12.8. The molecule has 22 heavy (non-hydrogen) atoms. The molecule has 1 aromatic heterocycles. The molecule has 1 amide bonds. The van der Waals surface area contributed by atoms with Crippen molar-refractivity contribution in [3.05, 3.63) is 52.8 Å². The molecule has 1 heterocycles. The summed E-state index contributed by atoms with van der Waals surface area (Å²) in [6.45, 7) is -0.161. The zero-order chi connectivity index (χ0) is 15.5. The van der Waals surface area contributed by atoms with Crippen molar-refractivity contribution in [2.75, 3.05) is 11.9 Å². The Morgan fingerprint density at radius 2 is 2.05 bits per heavy atom. The average molecular weight is 381 g/mol. The molecule has 0 radical (unpaired) electrons. The maximum Gasteiger partial charge on any atom is 0.264 e. The van der Waals surface area contributed by atoms with Crippen LogP contribution in [-0.4, -0.2) is 17.5 Å². The van der Waals surface area contributed by atoms with Crippen molar-refractivity contribution in [3.8, 4) is 5.75 Å². The Morgan fingerprint density at radius 1 is 1.27 bits per heavy atom. The first-order valence-corrected chi connectivity index (χ1v) is 7.95. The normalized spacial score (nSPS) is 10.6. The second-order valence-corrected chi connectivity index (χ2v) is 6.37. The molecule has 0 spiro atoms. The molecule has 0 bridgehead atoms. The zero-order valence-corrected chi connectivity index (χ0v) is 13.6. The molecular formula is C15H10BrFN2O2S. The molecule has 0 saturated heterocycles. The van der Waals surface area contributed by atoms with Crippen molar-refractivity contribution in [1.82, 2.24) is 4.98 Å². The van der Waals surface area contributed by atoms with E-state index >= 15 is 0 Å². The van der Waals surface area contributed by atoms with Crippen LogP contribution in [0.4, 0.5) is 9.52 Å². The van der Waals surface area contributed by atoms with Gasteiger partial charge in [0.2, 0.25) is 0 Å². The first-order valence-electron chi connectivity index (χ1n) is 6.34. The van der Waals surface area contributed by atoms with Crippen molar-refractivity contribution in [2.24, 2.45) is 0 Å². The number of nitrogens with one attached hydrogen (secondary N) is 1. The van der Waals surface area contributed by atoms with Gasteiger partial charge in [-0.15, -0.1) is 0 Å². The van der Waals surface area contributed by atoms with Crippen molar-refractivity contribution in [1.29, 1.82) is 0 Å². The average Bonchev–Trinajstić information content (AvgIpc) is 2.88. The third-order valence-corrected chi connectivity index (χ3v) is 4.21. The van der Waals surface area contributed by atoms with Crippen LogP contribution < -0.4 is 10.1 Å². The molecule has 0 fully saturated rings. The van der Waals surface area contributed by atoms with E-state index in [1.165, 1.54) is 35.6 Å². The Kier molecular flexibility index (Phi) is 4.35. The van der Waals surface area contributed by atoms with E-state index in [1.54, 1.807) is 0 Å². The highest BCUT2D eigenvalue weighted by Crippen LogP contribution is 2.28. The van der Waals surface area contributed by atoms with Crippen molar-refractivity contribution in [2.45, 2.75) is 0 Å². The van der Waals surface area contributed by atoms with Crippen LogP contribution in [0.25, 0.3) is 10.2 Å². The van der Waals surface area contributed by atoms with Crippen LogP contribution in [0.5, 0.6) is 5.75 Å². The number of benzene rings is 2. The number of fused-ring (bicyclic) bond motifs is 1. The highest BCUT2D eigenvalue weighted by molar-refractivity contribution is 9.10. The fraction of sp³-hybridized carbons (Fsp3) is 0.0667. The molecule has 7 heteroatoms. The number of aromatic nitrogens is 1. The Hall–Kier alpha value is -1.99. The fourth-order valence-corrected chi connectivity index (χ4v) is 3.22. The predicted molar refractivity (Wildman–Crippen MR) is 87.8 cm³/mol. The number of ether oxygens (including phenoxy) is 1. The molecule has 1 N–H and O–H groups in total. The number of carbonyl (C=O) groups excluding carboxylic acids is 1. The van der Waals surface area contributed by atoms with Gasteiger partial charge in [0.15, 0.2) is 11.7 Å². The van der Waals surface area contributed by atoms with Crippen LogP contribution >= 0.6 is 27.3 Å². The zero-order valence-electron chi connectivity index (χ0n) is 11.2. The highest BCUT2D eigenvalue weighted by Gasteiger charge is 2.09. The van der Waals surface area contributed by atoms with Gasteiger partial charge in [-0.25, -0.2) is 9.37 Å². The fourth-order valence-electron chi connectivity index (χ4n) is 1.79. The van der Waals surface area contributed by atoms with Gasteiger partial charge in [-0.2, -0.15) is 0 Å². The molecule has 3 aromatic rings. The van der Waals surface area contributed by atoms with Gasteiger partial charge in [0.1, 0.15) is 11.6 Å². The Balaban J connectivity index is 1.61. The van der Waals surface area contributed by atoms with E-state index in [2.05, 4.69) is 26.2 Å². The van der Waals surface area contributed by atoms with Crippen LogP contribution in [0.1, 0.15) is 0 Å². The van der Waals surface area contributed by atoms with E-state index in [0.717, 1.165) is 14.7 Å². The monoisotopic (exact) mass is 380 g/mol. The summed E-state index contributed by atoms with van der Waals surface area (Å²) in [7, 11) is 0. The van der Waals surface area contributed by atoms with E-state index < -0.39 is 0 Å². The summed E-state index contributed by atoms with van der Waals surface area (Å²) in [6, 6.07) is 11.2. The Labute approximate surface area is 138 Å². The van der Waals surface area contributed by atoms with Crippen molar-refractivity contribution in [3.63, 3.8) is 0 Å². The minimum absolute atomic E-state index is 0.161. The lowest BCUT2D eigenvalue weighted by Crippen LogP contribution is -2.19.